The van der Waals surface area contributed by atoms with Crippen molar-refractivity contribution < 1.29 is 23.2 Å². The van der Waals surface area contributed by atoms with Crippen molar-refractivity contribution in [2.45, 2.75) is 0 Å². The zero-order valence-electron chi connectivity index (χ0n) is 16.8. The van der Waals surface area contributed by atoms with Crippen molar-refractivity contribution in [1.29, 1.82) is 0 Å². The van der Waals surface area contributed by atoms with Crippen molar-refractivity contribution in [3.8, 4) is 34.3 Å². The van der Waals surface area contributed by atoms with Crippen LogP contribution in [0.25, 0.3) is 22.8 Å². The second kappa shape index (κ2) is 9.49. The molecule has 3 aromatic carbocycles. The van der Waals surface area contributed by atoms with Crippen LogP contribution in [0, 0.1) is 5.82 Å². The standard InChI is InChI=1S/C23H17ClFN3O4/c1-30-17-7-2-14(3-8-17)22-27-23(32-28-22)15-4-9-18(10-5-15)31-13-21(29)26-20-11-6-16(25)12-19(20)24/h2-12H,13H2,1H3,(H,26,29). The number of rotatable bonds is 7. The lowest BCUT2D eigenvalue weighted by Gasteiger charge is -2.09. The molecular formula is C23H17ClFN3O4. The third-order valence-electron chi connectivity index (χ3n) is 4.45. The zero-order valence-corrected chi connectivity index (χ0v) is 17.6. The Bertz CT molecular complexity index is 1230. The summed E-state index contributed by atoms with van der Waals surface area (Å²) in [5.41, 5.74) is 1.81. The molecule has 0 aliphatic rings. The van der Waals surface area contributed by atoms with Gasteiger partial charge in [0.2, 0.25) is 5.82 Å². The van der Waals surface area contributed by atoms with Crippen LogP contribution in [-0.4, -0.2) is 29.8 Å². The highest BCUT2D eigenvalue weighted by atomic mass is 35.5. The van der Waals surface area contributed by atoms with Crippen molar-refractivity contribution in [2.75, 3.05) is 19.0 Å². The quantitative estimate of drug-likeness (QED) is 0.412. The van der Waals surface area contributed by atoms with Crippen molar-refractivity contribution in [3.63, 3.8) is 0 Å². The minimum atomic E-state index is -0.485. The van der Waals surface area contributed by atoms with Crippen LogP contribution < -0.4 is 14.8 Å². The number of ether oxygens (including phenoxy) is 2. The second-order valence-electron chi connectivity index (χ2n) is 6.64. The lowest BCUT2D eigenvalue weighted by Crippen LogP contribution is -2.20. The molecule has 0 radical (unpaired) electrons. The summed E-state index contributed by atoms with van der Waals surface area (Å²) in [5.74, 6) is 1.11. The highest BCUT2D eigenvalue weighted by Gasteiger charge is 2.12. The van der Waals surface area contributed by atoms with Gasteiger partial charge in [-0.1, -0.05) is 16.8 Å². The number of methoxy groups -OCH3 is 1. The number of aromatic nitrogens is 2. The maximum atomic E-state index is 13.1. The van der Waals surface area contributed by atoms with E-state index in [9.17, 15) is 9.18 Å². The average Bonchev–Trinajstić information content (AvgIpc) is 3.30. The van der Waals surface area contributed by atoms with Gasteiger partial charge in [0.15, 0.2) is 6.61 Å². The largest absolute Gasteiger partial charge is 0.497 e. The highest BCUT2D eigenvalue weighted by Crippen LogP contribution is 2.26. The first-order chi connectivity index (χ1) is 15.5. The van der Waals surface area contributed by atoms with Crippen molar-refractivity contribution in [1.82, 2.24) is 10.1 Å². The smallest absolute Gasteiger partial charge is 0.262 e. The third-order valence-corrected chi connectivity index (χ3v) is 4.76. The molecule has 0 unspecified atom stereocenters. The van der Waals surface area contributed by atoms with E-state index < -0.39 is 11.7 Å². The number of benzene rings is 3. The fourth-order valence-corrected chi connectivity index (χ4v) is 3.03. The average molecular weight is 454 g/mol. The van der Waals surface area contributed by atoms with Gasteiger partial charge in [0.1, 0.15) is 17.3 Å². The Morgan fingerprint density at radius 3 is 2.41 bits per heavy atom. The van der Waals surface area contributed by atoms with Crippen LogP contribution in [0.3, 0.4) is 0 Å². The van der Waals surface area contributed by atoms with Gasteiger partial charge in [0, 0.05) is 11.1 Å². The number of nitrogens with one attached hydrogen (secondary N) is 1. The van der Waals surface area contributed by atoms with Gasteiger partial charge in [0.05, 0.1) is 17.8 Å². The van der Waals surface area contributed by atoms with Gasteiger partial charge >= 0.3 is 0 Å². The topological polar surface area (TPSA) is 86.5 Å². The second-order valence-corrected chi connectivity index (χ2v) is 7.04. The van der Waals surface area contributed by atoms with E-state index in [1.807, 2.05) is 24.3 Å². The Labute approximate surface area is 187 Å². The van der Waals surface area contributed by atoms with E-state index in [2.05, 4.69) is 15.5 Å². The molecule has 9 heteroatoms. The number of hydrogen-bond donors (Lipinski definition) is 1. The molecule has 0 saturated heterocycles. The summed E-state index contributed by atoms with van der Waals surface area (Å²) >= 11 is 5.90. The maximum absolute atomic E-state index is 13.1. The summed E-state index contributed by atoms with van der Waals surface area (Å²) in [4.78, 5) is 16.5. The molecule has 32 heavy (non-hydrogen) atoms. The van der Waals surface area contributed by atoms with E-state index in [0.29, 0.717) is 28.7 Å². The van der Waals surface area contributed by atoms with E-state index >= 15 is 0 Å². The molecule has 0 saturated carbocycles. The van der Waals surface area contributed by atoms with Gasteiger partial charge in [-0.25, -0.2) is 4.39 Å². The maximum Gasteiger partial charge on any atom is 0.262 e. The Kier molecular flexibility index (Phi) is 6.32. The molecule has 1 N–H and O–H groups in total. The van der Waals surface area contributed by atoms with E-state index in [0.717, 1.165) is 17.4 Å². The van der Waals surface area contributed by atoms with Crippen LogP contribution >= 0.6 is 11.6 Å². The van der Waals surface area contributed by atoms with E-state index in [1.54, 1.807) is 31.4 Å². The van der Waals surface area contributed by atoms with Crippen LogP contribution in [0.4, 0.5) is 10.1 Å². The molecular weight excluding hydrogens is 437 g/mol. The number of nitrogens with zero attached hydrogens (tertiary/aromatic N) is 2. The summed E-state index contributed by atoms with van der Waals surface area (Å²) in [7, 11) is 1.60. The SMILES string of the molecule is COc1ccc(-c2noc(-c3ccc(OCC(=O)Nc4ccc(F)cc4Cl)cc3)n2)cc1. The van der Waals surface area contributed by atoms with Crippen molar-refractivity contribution in [3.05, 3.63) is 77.6 Å². The van der Waals surface area contributed by atoms with Gasteiger partial charge in [-0.05, 0) is 66.7 Å². The molecule has 0 bridgehead atoms. The monoisotopic (exact) mass is 453 g/mol. The molecule has 0 atom stereocenters. The highest BCUT2D eigenvalue weighted by molar-refractivity contribution is 6.33. The molecule has 7 nitrogen and oxygen atoms in total. The summed E-state index contributed by atoms with van der Waals surface area (Å²) < 4.78 is 29.1. The van der Waals surface area contributed by atoms with Gasteiger partial charge in [-0.3, -0.25) is 4.79 Å². The molecule has 4 rings (SSSR count). The number of carbonyl (C=O) groups is 1. The van der Waals surface area contributed by atoms with Gasteiger partial charge in [-0.15, -0.1) is 0 Å². The first kappa shape index (κ1) is 21.3. The third kappa shape index (κ3) is 5.04. The predicted octanol–water partition coefficient (Wildman–Crippen LogP) is 5.22. The molecule has 1 amide bonds. The van der Waals surface area contributed by atoms with Crippen LogP contribution in [0.2, 0.25) is 5.02 Å². The normalized spacial score (nSPS) is 10.6. The van der Waals surface area contributed by atoms with Crippen LogP contribution in [0.5, 0.6) is 11.5 Å². The van der Waals surface area contributed by atoms with Crippen molar-refractivity contribution >= 4 is 23.2 Å². The van der Waals surface area contributed by atoms with Crippen molar-refractivity contribution in [2.24, 2.45) is 0 Å². The molecule has 0 spiro atoms. The summed E-state index contributed by atoms with van der Waals surface area (Å²) in [5, 5.41) is 6.68. The number of halogens is 2. The lowest BCUT2D eigenvalue weighted by molar-refractivity contribution is -0.118. The van der Waals surface area contributed by atoms with E-state index in [1.165, 1.54) is 12.1 Å². The summed E-state index contributed by atoms with van der Waals surface area (Å²) in [6.07, 6.45) is 0. The Morgan fingerprint density at radius 2 is 1.72 bits per heavy atom. The Hall–Kier alpha value is -3.91. The fourth-order valence-electron chi connectivity index (χ4n) is 2.82. The zero-order chi connectivity index (χ0) is 22.5. The van der Waals surface area contributed by atoms with Gasteiger partial charge < -0.3 is 19.3 Å². The van der Waals surface area contributed by atoms with Crippen LogP contribution in [-0.2, 0) is 4.79 Å². The molecule has 4 aromatic rings. The first-order valence-corrected chi connectivity index (χ1v) is 9.86. The Morgan fingerprint density at radius 1 is 1.03 bits per heavy atom. The predicted molar refractivity (Wildman–Crippen MR) is 117 cm³/mol. The Balaban J connectivity index is 1.36. The van der Waals surface area contributed by atoms with E-state index in [4.69, 9.17) is 25.6 Å². The minimum Gasteiger partial charge on any atom is -0.497 e. The molecule has 0 fully saturated rings. The van der Waals surface area contributed by atoms with Crippen LogP contribution in [0.15, 0.2) is 71.3 Å². The van der Waals surface area contributed by atoms with E-state index in [-0.39, 0.29) is 11.6 Å². The number of carbonyl (C=O) groups excluding carboxylic acids is 1. The molecule has 162 valence electrons. The van der Waals surface area contributed by atoms with Crippen LogP contribution in [0.1, 0.15) is 0 Å². The molecule has 1 heterocycles. The first-order valence-electron chi connectivity index (χ1n) is 9.48. The number of hydrogen-bond acceptors (Lipinski definition) is 6. The summed E-state index contributed by atoms with van der Waals surface area (Å²) in [6, 6.07) is 17.9. The number of anilines is 1. The summed E-state index contributed by atoms with van der Waals surface area (Å²) in [6.45, 7) is -0.241. The van der Waals surface area contributed by atoms with Gasteiger partial charge in [-0.2, -0.15) is 4.98 Å². The van der Waals surface area contributed by atoms with Gasteiger partial charge in [0.25, 0.3) is 11.8 Å². The lowest BCUT2D eigenvalue weighted by atomic mass is 10.2. The molecule has 0 aliphatic heterocycles. The molecule has 1 aromatic heterocycles. The minimum absolute atomic E-state index is 0.108. The fraction of sp³-hybridized carbons (Fsp3) is 0.0870. The number of amides is 1. The molecule has 0 aliphatic carbocycles.